The second kappa shape index (κ2) is 3.92. The first kappa shape index (κ1) is 9.56. The predicted molar refractivity (Wildman–Crippen MR) is 50.5 cm³/mol. The molecule has 0 saturated heterocycles. The first-order chi connectivity index (χ1) is 6.15. The summed E-state index contributed by atoms with van der Waals surface area (Å²) in [7, 11) is 0. The molecule has 0 unspecified atom stereocenters. The summed E-state index contributed by atoms with van der Waals surface area (Å²) in [5.41, 5.74) is 0.820. The van der Waals surface area contributed by atoms with E-state index in [2.05, 4.69) is 5.32 Å². The number of carbonyl (C=O) groups is 1. The Morgan fingerprint density at radius 3 is 2.85 bits per heavy atom. The molecule has 0 fully saturated rings. The molecule has 1 amide bonds. The smallest absolute Gasteiger partial charge is 0.221 e. The third-order valence-electron chi connectivity index (χ3n) is 1.43. The standard InChI is InChI=1S/C9H7ClN2O/c1-6(13)12-8-4-2-3-7(5-11)9(8)10/h2-4H,1H3,(H,12,13). The van der Waals surface area contributed by atoms with E-state index in [1.165, 1.54) is 6.92 Å². The van der Waals surface area contributed by atoms with Gasteiger partial charge in [0.05, 0.1) is 16.3 Å². The summed E-state index contributed by atoms with van der Waals surface area (Å²) in [6, 6.07) is 6.82. The third kappa shape index (κ3) is 2.20. The molecule has 13 heavy (non-hydrogen) atoms. The largest absolute Gasteiger partial charge is 0.325 e. The van der Waals surface area contributed by atoms with Crippen LogP contribution >= 0.6 is 11.6 Å². The minimum absolute atomic E-state index is 0.211. The summed E-state index contributed by atoms with van der Waals surface area (Å²) in [6.07, 6.45) is 0. The molecule has 0 aliphatic carbocycles. The van der Waals surface area contributed by atoms with E-state index in [1.807, 2.05) is 6.07 Å². The fourth-order valence-corrected chi connectivity index (χ4v) is 1.12. The number of halogens is 1. The quantitative estimate of drug-likeness (QED) is 0.745. The van der Waals surface area contributed by atoms with Crippen molar-refractivity contribution in [3.8, 4) is 6.07 Å². The van der Waals surface area contributed by atoms with Crippen LogP contribution in [0.5, 0.6) is 0 Å². The lowest BCUT2D eigenvalue weighted by Crippen LogP contribution is -2.06. The zero-order valence-corrected chi connectivity index (χ0v) is 7.72. The number of rotatable bonds is 1. The van der Waals surface area contributed by atoms with Crippen LogP contribution in [0, 0.1) is 11.3 Å². The van der Waals surface area contributed by atoms with Gasteiger partial charge in [0.25, 0.3) is 0 Å². The molecule has 0 aliphatic heterocycles. The Balaban J connectivity index is 3.10. The average Bonchev–Trinajstić information content (AvgIpc) is 2.08. The Bertz CT molecular complexity index is 382. The van der Waals surface area contributed by atoms with Gasteiger partial charge >= 0.3 is 0 Å². The molecule has 4 heteroatoms. The van der Waals surface area contributed by atoms with Crippen molar-refractivity contribution in [3.63, 3.8) is 0 Å². The Morgan fingerprint density at radius 1 is 1.62 bits per heavy atom. The van der Waals surface area contributed by atoms with E-state index in [0.717, 1.165) is 0 Å². The summed E-state index contributed by atoms with van der Waals surface area (Å²) in [5.74, 6) is -0.211. The fraction of sp³-hybridized carbons (Fsp3) is 0.111. The maximum Gasteiger partial charge on any atom is 0.221 e. The lowest BCUT2D eigenvalue weighted by atomic mass is 10.2. The molecule has 0 saturated carbocycles. The van der Waals surface area contributed by atoms with Gasteiger partial charge in [0.2, 0.25) is 5.91 Å². The first-order valence-electron chi connectivity index (χ1n) is 3.61. The van der Waals surface area contributed by atoms with Gasteiger partial charge in [-0.1, -0.05) is 17.7 Å². The van der Waals surface area contributed by atoms with Gasteiger partial charge in [0.1, 0.15) is 6.07 Å². The SMILES string of the molecule is CC(=O)Nc1cccc(C#N)c1Cl. The van der Waals surface area contributed by atoms with E-state index in [1.54, 1.807) is 18.2 Å². The van der Waals surface area contributed by atoms with Crippen LogP contribution < -0.4 is 5.32 Å². The number of amides is 1. The second-order valence-electron chi connectivity index (χ2n) is 2.46. The summed E-state index contributed by atoms with van der Waals surface area (Å²) in [6.45, 7) is 1.38. The monoisotopic (exact) mass is 194 g/mol. The van der Waals surface area contributed by atoms with Gasteiger partial charge in [-0.15, -0.1) is 0 Å². The number of nitriles is 1. The number of hydrogen-bond acceptors (Lipinski definition) is 2. The molecule has 0 heterocycles. The van der Waals surface area contributed by atoms with Gasteiger partial charge in [0, 0.05) is 6.92 Å². The number of carbonyl (C=O) groups excluding carboxylic acids is 1. The van der Waals surface area contributed by atoms with E-state index in [0.29, 0.717) is 11.3 Å². The van der Waals surface area contributed by atoms with E-state index in [4.69, 9.17) is 16.9 Å². The molecule has 0 aromatic heterocycles. The molecule has 1 aromatic carbocycles. The molecule has 66 valence electrons. The van der Waals surface area contributed by atoms with Gasteiger partial charge in [-0.3, -0.25) is 4.79 Å². The summed E-state index contributed by atoms with van der Waals surface area (Å²) in [5, 5.41) is 11.4. The van der Waals surface area contributed by atoms with E-state index in [9.17, 15) is 4.79 Å². The molecule has 1 rings (SSSR count). The molecule has 0 radical (unpaired) electrons. The zero-order chi connectivity index (χ0) is 9.84. The molecule has 3 nitrogen and oxygen atoms in total. The van der Waals surface area contributed by atoms with Gasteiger partial charge in [0.15, 0.2) is 0 Å². The first-order valence-corrected chi connectivity index (χ1v) is 3.99. The maximum atomic E-state index is 10.7. The molecular weight excluding hydrogens is 188 g/mol. The highest BCUT2D eigenvalue weighted by atomic mass is 35.5. The van der Waals surface area contributed by atoms with Gasteiger partial charge < -0.3 is 5.32 Å². The van der Waals surface area contributed by atoms with Crippen LogP contribution in [0.25, 0.3) is 0 Å². The van der Waals surface area contributed by atoms with Gasteiger partial charge in [-0.25, -0.2) is 0 Å². The summed E-state index contributed by atoms with van der Waals surface area (Å²) < 4.78 is 0. The fourth-order valence-electron chi connectivity index (χ4n) is 0.905. The Labute approximate surface area is 80.9 Å². The molecule has 0 aliphatic rings. The van der Waals surface area contributed by atoms with Crippen molar-refractivity contribution in [1.29, 1.82) is 5.26 Å². The summed E-state index contributed by atoms with van der Waals surface area (Å²) >= 11 is 5.82. The number of anilines is 1. The normalized spacial score (nSPS) is 9.00. The van der Waals surface area contributed by atoms with Crippen LogP contribution in [-0.4, -0.2) is 5.91 Å². The highest BCUT2D eigenvalue weighted by Crippen LogP contribution is 2.24. The number of nitrogens with one attached hydrogen (secondary N) is 1. The van der Waals surface area contributed by atoms with Crippen molar-refractivity contribution in [3.05, 3.63) is 28.8 Å². The molecule has 0 spiro atoms. The van der Waals surface area contributed by atoms with Gasteiger partial charge in [-0.05, 0) is 12.1 Å². The second-order valence-corrected chi connectivity index (χ2v) is 2.84. The van der Waals surface area contributed by atoms with Crippen molar-refractivity contribution >= 4 is 23.2 Å². The minimum Gasteiger partial charge on any atom is -0.325 e. The number of benzene rings is 1. The lowest BCUT2D eigenvalue weighted by Gasteiger charge is -2.04. The van der Waals surface area contributed by atoms with Crippen LogP contribution in [0.4, 0.5) is 5.69 Å². The van der Waals surface area contributed by atoms with Crippen LogP contribution in [0.2, 0.25) is 5.02 Å². The van der Waals surface area contributed by atoms with Crippen molar-refractivity contribution in [2.75, 3.05) is 5.32 Å². The maximum absolute atomic E-state index is 10.7. The highest BCUT2D eigenvalue weighted by Gasteiger charge is 2.05. The molecule has 0 atom stereocenters. The highest BCUT2D eigenvalue weighted by molar-refractivity contribution is 6.34. The van der Waals surface area contributed by atoms with Crippen molar-refractivity contribution < 1.29 is 4.79 Å². The zero-order valence-electron chi connectivity index (χ0n) is 6.97. The average molecular weight is 195 g/mol. The van der Waals surface area contributed by atoms with E-state index in [-0.39, 0.29) is 10.9 Å². The Hall–Kier alpha value is -1.53. The van der Waals surface area contributed by atoms with E-state index >= 15 is 0 Å². The van der Waals surface area contributed by atoms with Crippen LogP contribution in [0.3, 0.4) is 0 Å². The van der Waals surface area contributed by atoms with Crippen LogP contribution in [0.1, 0.15) is 12.5 Å². The van der Waals surface area contributed by atoms with Crippen molar-refractivity contribution in [2.45, 2.75) is 6.92 Å². The van der Waals surface area contributed by atoms with Gasteiger partial charge in [-0.2, -0.15) is 5.26 Å². The van der Waals surface area contributed by atoms with Crippen molar-refractivity contribution in [2.24, 2.45) is 0 Å². The molecule has 0 bridgehead atoms. The summed E-state index contributed by atoms with van der Waals surface area (Å²) in [4.78, 5) is 10.7. The predicted octanol–water partition coefficient (Wildman–Crippen LogP) is 2.17. The molecular formula is C9H7ClN2O. The van der Waals surface area contributed by atoms with Crippen molar-refractivity contribution in [1.82, 2.24) is 0 Å². The van der Waals surface area contributed by atoms with Crippen LogP contribution in [-0.2, 0) is 4.79 Å². The lowest BCUT2D eigenvalue weighted by molar-refractivity contribution is -0.114. The van der Waals surface area contributed by atoms with Crippen LogP contribution in [0.15, 0.2) is 18.2 Å². The molecule has 1 aromatic rings. The molecule has 1 N–H and O–H groups in total. The topological polar surface area (TPSA) is 52.9 Å². The number of nitrogens with zero attached hydrogens (tertiary/aromatic N) is 1. The van der Waals surface area contributed by atoms with E-state index < -0.39 is 0 Å². The Kier molecular flexibility index (Phi) is 2.88. The minimum atomic E-state index is -0.211. The third-order valence-corrected chi connectivity index (χ3v) is 1.84. The Morgan fingerprint density at radius 2 is 2.31 bits per heavy atom. The number of hydrogen-bond donors (Lipinski definition) is 1.